The highest BCUT2D eigenvalue weighted by Gasteiger charge is 2.18. The Balaban J connectivity index is 1.46. The molecule has 234 valence electrons. The van der Waals surface area contributed by atoms with Crippen molar-refractivity contribution in [3.05, 3.63) is 143 Å². The Morgan fingerprint density at radius 3 is 1.26 bits per heavy atom. The molecule has 5 aromatic carbocycles. The first kappa shape index (κ1) is 32.1. The summed E-state index contributed by atoms with van der Waals surface area (Å²) in [7, 11) is 0. The van der Waals surface area contributed by atoms with Gasteiger partial charge in [-0.05, 0) is 83.8 Å². The Bertz CT molecular complexity index is 1860. The molecule has 0 atom stereocenters. The summed E-state index contributed by atoms with van der Waals surface area (Å²) in [4.78, 5) is 60.8. The third-order valence-electron chi connectivity index (χ3n) is 7.23. The maximum absolute atomic E-state index is 13.1. The van der Waals surface area contributed by atoms with Crippen molar-refractivity contribution in [2.24, 2.45) is 0 Å². The van der Waals surface area contributed by atoms with E-state index < -0.39 is 23.9 Å². The van der Waals surface area contributed by atoms with Crippen LogP contribution in [0.4, 0.5) is 0 Å². The summed E-state index contributed by atoms with van der Waals surface area (Å²) in [5.41, 5.74) is 4.14. The van der Waals surface area contributed by atoms with Gasteiger partial charge in [0.1, 0.15) is 11.5 Å². The van der Waals surface area contributed by atoms with E-state index in [2.05, 4.69) is 0 Å². The zero-order valence-corrected chi connectivity index (χ0v) is 25.1. The molecule has 9 nitrogen and oxygen atoms in total. The molecule has 0 amide bonds. The van der Waals surface area contributed by atoms with Crippen LogP contribution in [0.25, 0.3) is 22.3 Å². The highest BCUT2D eigenvalue weighted by Crippen LogP contribution is 2.37. The average Bonchev–Trinajstić information content (AvgIpc) is 3.05. The van der Waals surface area contributed by atoms with Crippen LogP contribution >= 0.6 is 0 Å². The van der Waals surface area contributed by atoms with Crippen LogP contribution in [0, 0.1) is 0 Å². The van der Waals surface area contributed by atoms with Crippen molar-refractivity contribution < 1.29 is 43.7 Å². The molecule has 0 aliphatic rings. The molecule has 0 bridgehead atoms. The second kappa shape index (κ2) is 14.2. The van der Waals surface area contributed by atoms with Crippen LogP contribution in [0.2, 0.25) is 0 Å². The van der Waals surface area contributed by atoms with E-state index in [0.29, 0.717) is 38.9 Å². The van der Waals surface area contributed by atoms with Gasteiger partial charge in [0.25, 0.3) is 0 Å². The fraction of sp³-hybridized carbons (Fsp3) is 0.0789. The van der Waals surface area contributed by atoms with Crippen molar-refractivity contribution in [3.8, 4) is 33.8 Å². The number of carboxylic acids is 2. The molecule has 0 aliphatic heterocycles. The Kier molecular flexibility index (Phi) is 9.67. The van der Waals surface area contributed by atoms with E-state index in [1.807, 2.05) is 0 Å². The van der Waals surface area contributed by atoms with E-state index in [1.165, 1.54) is 31.2 Å². The topological polar surface area (TPSA) is 144 Å². The minimum atomic E-state index is -0.980. The predicted octanol–water partition coefficient (Wildman–Crippen LogP) is 6.92. The minimum Gasteiger partial charge on any atom is -0.481 e. The van der Waals surface area contributed by atoms with Gasteiger partial charge < -0.3 is 19.7 Å². The summed E-state index contributed by atoms with van der Waals surface area (Å²) >= 11 is 0. The van der Waals surface area contributed by atoms with Gasteiger partial charge in [0.15, 0.2) is 5.78 Å². The molecule has 0 aliphatic carbocycles. The van der Waals surface area contributed by atoms with Crippen LogP contribution in [0.1, 0.15) is 49.1 Å². The molecule has 5 aromatic rings. The lowest BCUT2D eigenvalue weighted by atomic mass is 9.94. The maximum Gasteiger partial charge on any atom is 0.343 e. The summed E-state index contributed by atoms with van der Waals surface area (Å²) in [6.45, 7) is 1.43. The summed E-state index contributed by atoms with van der Waals surface area (Å²) in [5, 5.41) is 18.0. The second-order valence-corrected chi connectivity index (χ2v) is 10.7. The molecular weight excluding hydrogens is 600 g/mol. The number of carbonyl (C=O) groups excluding carboxylic acids is 3. The highest BCUT2D eigenvalue weighted by molar-refractivity contribution is 5.99. The van der Waals surface area contributed by atoms with Crippen LogP contribution in [0.3, 0.4) is 0 Å². The van der Waals surface area contributed by atoms with Gasteiger partial charge >= 0.3 is 23.9 Å². The van der Waals surface area contributed by atoms with Crippen molar-refractivity contribution in [1.82, 2.24) is 0 Å². The molecule has 0 saturated carbocycles. The molecule has 0 unspecified atom stereocenters. The zero-order chi connectivity index (χ0) is 33.5. The number of carboxylic acid groups (broad SMARTS) is 2. The molecule has 2 N–H and O–H groups in total. The van der Waals surface area contributed by atoms with E-state index in [4.69, 9.17) is 19.7 Å². The Morgan fingerprint density at radius 2 is 0.894 bits per heavy atom. The van der Waals surface area contributed by atoms with Gasteiger partial charge in [0, 0.05) is 16.7 Å². The van der Waals surface area contributed by atoms with E-state index in [9.17, 15) is 24.0 Å². The number of hydrogen-bond acceptors (Lipinski definition) is 7. The number of benzene rings is 5. The molecule has 47 heavy (non-hydrogen) atoms. The number of hydrogen-bond donors (Lipinski definition) is 2. The predicted molar refractivity (Wildman–Crippen MR) is 173 cm³/mol. The molecule has 5 rings (SSSR count). The van der Waals surface area contributed by atoms with Gasteiger partial charge in [-0.15, -0.1) is 0 Å². The molecule has 9 heteroatoms. The SMILES string of the molecule is CC(=O)c1cc(-c2ccccc2OC(=O)c2ccc(CC(=O)O)cc2)cc(-c2ccccc2OC(=O)c2ccc(CC(=O)O)cc2)c1. The van der Waals surface area contributed by atoms with Crippen molar-refractivity contribution in [1.29, 1.82) is 0 Å². The third kappa shape index (κ3) is 8.03. The molecule has 0 aromatic heterocycles. The van der Waals surface area contributed by atoms with Crippen LogP contribution in [-0.4, -0.2) is 39.9 Å². The van der Waals surface area contributed by atoms with Crippen LogP contribution in [0.15, 0.2) is 115 Å². The Morgan fingerprint density at radius 1 is 0.511 bits per heavy atom. The number of ketones is 1. The van der Waals surface area contributed by atoms with Crippen molar-refractivity contribution >= 4 is 29.7 Å². The van der Waals surface area contributed by atoms with Crippen molar-refractivity contribution in [2.75, 3.05) is 0 Å². The molecule has 0 radical (unpaired) electrons. The summed E-state index contributed by atoms with van der Waals surface area (Å²) in [6.07, 6.45) is -0.339. The summed E-state index contributed by atoms with van der Waals surface area (Å²) < 4.78 is 11.5. The number of ether oxygens (including phenoxy) is 2. The zero-order valence-electron chi connectivity index (χ0n) is 25.1. The van der Waals surface area contributed by atoms with Gasteiger partial charge in [-0.1, -0.05) is 60.7 Å². The molecular formula is C38H28O9. The first-order valence-electron chi connectivity index (χ1n) is 14.5. The number of rotatable bonds is 11. The van der Waals surface area contributed by atoms with Crippen LogP contribution in [0.5, 0.6) is 11.5 Å². The second-order valence-electron chi connectivity index (χ2n) is 10.7. The minimum absolute atomic E-state index is 0.170. The molecule has 0 heterocycles. The van der Waals surface area contributed by atoms with Crippen molar-refractivity contribution in [3.63, 3.8) is 0 Å². The number of para-hydroxylation sites is 2. The fourth-order valence-electron chi connectivity index (χ4n) is 4.91. The Hall–Kier alpha value is -6.35. The molecule has 0 fully saturated rings. The van der Waals surface area contributed by atoms with Gasteiger partial charge in [0.05, 0.1) is 24.0 Å². The fourth-order valence-corrected chi connectivity index (χ4v) is 4.91. The highest BCUT2D eigenvalue weighted by atomic mass is 16.5. The van der Waals surface area contributed by atoms with Gasteiger partial charge in [-0.25, -0.2) is 9.59 Å². The number of esters is 2. The Labute approximate surface area is 269 Å². The number of carbonyl (C=O) groups is 5. The van der Waals surface area contributed by atoms with E-state index in [-0.39, 0.29) is 41.3 Å². The lowest BCUT2D eigenvalue weighted by Crippen LogP contribution is -2.10. The summed E-state index contributed by atoms with van der Waals surface area (Å²) in [5.74, 6) is -2.97. The largest absolute Gasteiger partial charge is 0.481 e. The van der Waals surface area contributed by atoms with Gasteiger partial charge in [0.2, 0.25) is 0 Å². The monoisotopic (exact) mass is 628 g/mol. The van der Waals surface area contributed by atoms with E-state index in [1.54, 1.807) is 91.0 Å². The van der Waals surface area contributed by atoms with Crippen LogP contribution in [-0.2, 0) is 22.4 Å². The lowest BCUT2D eigenvalue weighted by molar-refractivity contribution is -0.137. The van der Waals surface area contributed by atoms with Gasteiger partial charge in [-0.2, -0.15) is 0 Å². The first-order valence-corrected chi connectivity index (χ1v) is 14.5. The summed E-state index contributed by atoms with van der Waals surface area (Å²) in [6, 6.07) is 31.1. The van der Waals surface area contributed by atoms with Crippen molar-refractivity contribution in [2.45, 2.75) is 19.8 Å². The normalized spacial score (nSPS) is 10.6. The lowest BCUT2D eigenvalue weighted by Gasteiger charge is -2.15. The van der Waals surface area contributed by atoms with E-state index >= 15 is 0 Å². The number of aliphatic carboxylic acids is 2. The quantitative estimate of drug-likeness (QED) is 0.0905. The molecule has 0 saturated heterocycles. The first-order chi connectivity index (χ1) is 22.6. The van der Waals surface area contributed by atoms with Gasteiger partial charge in [-0.3, -0.25) is 14.4 Å². The van der Waals surface area contributed by atoms with Crippen LogP contribution < -0.4 is 9.47 Å². The standard InChI is InChI=1S/C38H28O9/c1-23(39)28-20-29(31-6-2-4-8-33(31)46-37(44)26-14-10-24(11-15-26)18-35(40)41)22-30(21-28)32-7-3-5-9-34(32)47-38(45)27-16-12-25(13-17-27)19-36(42)43/h2-17,20-22H,18-19H2,1H3,(H,40,41)(H,42,43). The maximum atomic E-state index is 13.1. The third-order valence-corrected chi connectivity index (χ3v) is 7.23. The molecule has 0 spiro atoms. The number of Topliss-reactive ketones (excluding diaryl/α,β-unsaturated/α-hetero) is 1. The smallest absolute Gasteiger partial charge is 0.343 e. The van der Waals surface area contributed by atoms with E-state index in [0.717, 1.165) is 0 Å². The average molecular weight is 629 g/mol.